The van der Waals surface area contributed by atoms with Gasteiger partial charge in [-0.05, 0) is 127 Å². The van der Waals surface area contributed by atoms with E-state index in [1.165, 1.54) is 43.2 Å². The average molecular weight is 722 g/mol. The maximum atomic E-state index is 9.61. The van der Waals surface area contributed by atoms with E-state index in [4.69, 9.17) is 21.5 Å². The lowest BCUT2D eigenvalue weighted by Crippen LogP contribution is -2.56. The molecule has 7 heteroatoms. The van der Waals surface area contributed by atoms with Crippen LogP contribution in [0.15, 0.2) is 128 Å². The molecule has 0 radical (unpaired) electrons. The first kappa shape index (κ1) is 33.6. The second-order valence-electron chi connectivity index (χ2n) is 15.7. The summed E-state index contributed by atoms with van der Waals surface area (Å²) in [5, 5.41) is 20.0. The van der Waals surface area contributed by atoms with E-state index in [1.807, 2.05) is 48.7 Å². The van der Waals surface area contributed by atoms with Crippen LogP contribution < -0.4 is 0 Å². The van der Waals surface area contributed by atoms with E-state index in [2.05, 4.69) is 76.6 Å². The molecular weight excluding hydrogens is 687 g/mol. The fourth-order valence-electron chi connectivity index (χ4n) is 10.5. The molecule has 4 bridgehead atoms. The predicted octanol–water partition coefficient (Wildman–Crippen LogP) is 11.1. The van der Waals surface area contributed by atoms with Crippen molar-refractivity contribution in [3.8, 4) is 57.4 Å². The van der Waals surface area contributed by atoms with Crippen molar-refractivity contribution in [2.75, 3.05) is 0 Å². The Hall–Kier alpha value is -7.01. The van der Waals surface area contributed by atoms with Crippen molar-refractivity contribution in [3.05, 3.63) is 161 Å². The molecule has 4 fully saturated rings. The lowest BCUT2D eigenvalue weighted by molar-refractivity contribution is -0.0418. The quantitative estimate of drug-likeness (QED) is 0.158. The van der Waals surface area contributed by atoms with Crippen LogP contribution in [0.2, 0.25) is 0 Å². The molecule has 0 unspecified atom stereocenters. The third-order valence-electron chi connectivity index (χ3n) is 12.8. The molecule has 7 nitrogen and oxygen atoms in total. The molecule has 0 aliphatic heterocycles. The summed E-state index contributed by atoms with van der Waals surface area (Å²) in [7, 11) is 0. The predicted molar refractivity (Wildman–Crippen MR) is 217 cm³/mol. The van der Waals surface area contributed by atoms with Crippen molar-refractivity contribution in [3.63, 3.8) is 0 Å². The molecule has 11 rings (SSSR count). The zero-order chi connectivity index (χ0) is 37.8. The van der Waals surface area contributed by atoms with Crippen LogP contribution in [0.3, 0.4) is 0 Å². The number of rotatable bonds is 6. The normalized spacial score (nSPS) is 21.9. The molecule has 0 amide bonds. The SMILES string of the molecule is [C-]#[N+]c1ccc(-c2nc(-c3ccc(C#N)cc3)nc(-c3ccc(C4(c5ccc(-c6ccnc7ccc(C#N)cc67)cc5)C5CC6CC(C5)CC4C6)cc3)n2)cc1. The molecule has 4 saturated carbocycles. The number of benzene rings is 5. The van der Waals surface area contributed by atoms with Gasteiger partial charge in [0.2, 0.25) is 0 Å². The molecule has 0 N–H and O–H groups in total. The highest BCUT2D eigenvalue weighted by Gasteiger charge is 2.58. The lowest BCUT2D eigenvalue weighted by atomic mass is 9.42. The summed E-state index contributed by atoms with van der Waals surface area (Å²) in [5.74, 6) is 4.39. The van der Waals surface area contributed by atoms with Crippen LogP contribution in [0.4, 0.5) is 5.69 Å². The van der Waals surface area contributed by atoms with Crippen molar-refractivity contribution >= 4 is 16.6 Å². The van der Waals surface area contributed by atoms with Gasteiger partial charge in [0.05, 0.1) is 35.4 Å². The molecule has 0 spiro atoms. The third kappa shape index (κ3) is 5.54. The van der Waals surface area contributed by atoms with Gasteiger partial charge in [0, 0.05) is 33.7 Å². The Morgan fingerprint density at radius 3 is 1.55 bits per heavy atom. The number of aromatic nitrogens is 4. The Morgan fingerprint density at radius 2 is 1.04 bits per heavy atom. The largest absolute Gasteiger partial charge is 0.256 e. The van der Waals surface area contributed by atoms with E-state index in [0.29, 0.717) is 46.1 Å². The first-order valence-electron chi connectivity index (χ1n) is 19.3. The van der Waals surface area contributed by atoms with Crippen LogP contribution in [-0.4, -0.2) is 19.9 Å². The van der Waals surface area contributed by atoms with Gasteiger partial charge >= 0.3 is 0 Å². The van der Waals surface area contributed by atoms with E-state index in [0.717, 1.165) is 50.6 Å². The lowest BCUT2D eigenvalue weighted by Gasteiger charge is -2.62. The number of nitriles is 2. The number of nitrogens with zero attached hydrogens (tertiary/aromatic N) is 7. The second-order valence-corrected chi connectivity index (χ2v) is 15.7. The molecule has 0 atom stereocenters. The Labute approximate surface area is 325 Å². The number of hydrogen-bond acceptors (Lipinski definition) is 6. The Bertz CT molecular complexity index is 2660. The summed E-state index contributed by atoms with van der Waals surface area (Å²) in [6.45, 7) is 7.39. The number of fused-ring (bicyclic) bond motifs is 1. The molecule has 2 heterocycles. The highest BCUT2D eigenvalue weighted by Crippen LogP contribution is 2.65. The van der Waals surface area contributed by atoms with Gasteiger partial charge in [-0.25, -0.2) is 19.8 Å². The summed E-state index contributed by atoms with van der Waals surface area (Å²) in [5.41, 5.74) is 9.99. The summed E-state index contributed by atoms with van der Waals surface area (Å²) >= 11 is 0. The summed E-state index contributed by atoms with van der Waals surface area (Å²) in [6.07, 6.45) is 8.29. The third-order valence-corrected chi connectivity index (χ3v) is 12.8. The van der Waals surface area contributed by atoms with Crippen LogP contribution in [-0.2, 0) is 5.41 Å². The van der Waals surface area contributed by atoms with E-state index in [1.54, 1.807) is 24.3 Å². The van der Waals surface area contributed by atoms with Gasteiger partial charge in [-0.15, -0.1) is 0 Å². The van der Waals surface area contributed by atoms with Crippen LogP contribution in [0.1, 0.15) is 54.4 Å². The number of pyridine rings is 1. The zero-order valence-corrected chi connectivity index (χ0v) is 30.6. The topological polar surface area (TPSA) is 103 Å². The fraction of sp³-hybridized carbons (Fsp3) is 0.204. The van der Waals surface area contributed by atoms with E-state index < -0.39 is 0 Å². The van der Waals surface area contributed by atoms with Crippen LogP contribution >= 0.6 is 0 Å². The fourth-order valence-corrected chi connectivity index (χ4v) is 10.5. The van der Waals surface area contributed by atoms with Crippen molar-refractivity contribution in [2.45, 2.75) is 37.5 Å². The molecule has 4 aliphatic carbocycles. The first-order valence-corrected chi connectivity index (χ1v) is 19.3. The molecule has 266 valence electrons. The Kier molecular flexibility index (Phi) is 8.02. The maximum absolute atomic E-state index is 9.61. The van der Waals surface area contributed by atoms with Gasteiger partial charge in [0.15, 0.2) is 23.2 Å². The van der Waals surface area contributed by atoms with E-state index in [9.17, 15) is 10.5 Å². The average Bonchev–Trinajstić information content (AvgIpc) is 3.26. The van der Waals surface area contributed by atoms with Crippen molar-refractivity contribution in [1.82, 2.24) is 19.9 Å². The maximum Gasteiger partial charge on any atom is 0.187 e. The van der Waals surface area contributed by atoms with Crippen molar-refractivity contribution in [1.29, 1.82) is 10.5 Å². The summed E-state index contributed by atoms with van der Waals surface area (Å²) in [4.78, 5) is 22.9. The van der Waals surface area contributed by atoms with Gasteiger partial charge in [-0.3, -0.25) is 4.98 Å². The minimum absolute atomic E-state index is 0.0959. The molecule has 7 aromatic rings. The highest BCUT2D eigenvalue weighted by molar-refractivity contribution is 5.95. The van der Waals surface area contributed by atoms with Crippen LogP contribution in [0.5, 0.6) is 0 Å². The molecule has 2 aromatic heterocycles. The van der Waals surface area contributed by atoms with Crippen LogP contribution in [0, 0.1) is 52.9 Å². The van der Waals surface area contributed by atoms with E-state index >= 15 is 0 Å². The van der Waals surface area contributed by atoms with E-state index in [-0.39, 0.29) is 5.41 Å². The second kappa shape index (κ2) is 13.4. The van der Waals surface area contributed by atoms with Crippen molar-refractivity contribution in [2.24, 2.45) is 23.7 Å². The first-order chi connectivity index (χ1) is 27.5. The molecule has 0 saturated heterocycles. The molecular formula is C49H35N7. The van der Waals surface area contributed by atoms with Crippen LogP contribution in [0.25, 0.3) is 61.0 Å². The number of hydrogen-bond donors (Lipinski definition) is 0. The minimum Gasteiger partial charge on any atom is -0.256 e. The summed E-state index contributed by atoms with van der Waals surface area (Å²) < 4.78 is 0. The van der Waals surface area contributed by atoms with Gasteiger partial charge in [0.25, 0.3) is 0 Å². The monoisotopic (exact) mass is 721 g/mol. The van der Waals surface area contributed by atoms with Gasteiger partial charge in [0.1, 0.15) is 0 Å². The van der Waals surface area contributed by atoms with Gasteiger partial charge in [-0.1, -0.05) is 72.8 Å². The smallest absolute Gasteiger partial charge is 0.187 e. The summed E-state index contributed by atoms with van der Waals surface area (Å²) in [6, 6.07) is 45.1. The zero-order valence-electron chi connectivity index (χ0n) is 30.6. The molecule has 56 heavy (non-hydrogen) atoms. The van der Waals surface area contributed by atoms with Gasteiger partial charge < -0.3 is 0 Å². The minimum atomic E-state index is -0.0959. The molecule has 4 aliphatic rings. The molecule has 5 aromatic carbocycles. The van der Waals surface area contributed by atoms with Gasteiger partial charge in [-0.2, -0.15) is 10.5 Å². The Balaban J connectivity index is 1.06. The van der Waals surface area contributed by atoms with Crippen molar-refractivity contribution < 1.29 is 0 Å². The standard InChI is InChI=1S/C49H35N7/c1-52-42-17-11-37(12-18-42)48-55-46(35-5-2-30(28-50)3-6-35)54-47(56-48)36-9-15-39(16-10-36)49(40-23-32-22-33(25-40)26-41(49)24-32)38-13-7-34(8-14-38)43-20-21-53-45-19-4-31(29-51)27-44(43)45/h2-21,27,32-33,40-41H,22-26H2. The Morgan fingerprint density at radius 1 is 0.554 bits per heavy atom. The highest BCUT2D eigenvalue weighted by atomic mass is 15.0.